The lowest BCUT2D eigenvalue weighted by Gasteiger charge is -1.57. The predicted octanol–water partition coefficient (Wildman–Crippen LogP) is 0.441. The van der Waals surface area contributed by atoms with E-state index < -0.39 is 0 Å². The molecule has 0 aromatic rings. The van der Waals surface area contributed by atoms with Gasteiger partial charge in [-0.2, -0.15) is 0 Å². The first-order valence-corrected chi connectivity index (χ1v) is 2.23. The fourth-order valence-corrected chi connectivity index (χ4v) is 0. The molecule has 0 radical (unpaired) electrons. The summed E-state index contributed by atoms with van der Waals surface area (Å²) in [6, 6.07) is 0. The Kier molecular flexibility index (Phi) is 34.1. The zero-order valence-electron chi connectivity index (χ0n) is 4.70. The molecule has 6 heavy (non-hydrogen) atoms. The van der Waals surface area contributed by atoms with Crippen molar-refractivity contribution in [2.24, 2.45) is 0 Å². The van der Waals surface area contributed by atoms with Crippen LogP contribution in [0, 0.1) is 0 Å². The van der Waals surface area contributed by atoms with Crippen LogP contribution >= 0.6 is 0 Å². The third-order valence-corrected chi connectivity index (χ3v) is 0.289. The van der Waals surface area contributed by atoms with Gasteiger partial charge in [-0.15, -0.1) is 6.58 Å². The Hall–Kier alpha value is -0.300. The molecule has 0 saturated heterocycles. The van der Waals surface area contributed by atoms with E-state index >= 15 is 0 Å². The highest BCUT2D eigenvalue weighted by molar-refractivity contribution is 4.60. The fraction of sp³-hybridized carbons (Fsp3) is 0.600. The van der Waals surface area contributed by atoms with E-state index in [0.717, 1.165) is 6.42 Å². The molecule has 0 aromatic heterocycles. The van der Waals surface area contributed by atoms with Gasteiger partial charge in [-0.3, -0.25) is 0 Å². The Bertz CT molecular complexity index is 17.9. The minimum absolute atomic E-state index is 1.08. The van der Waals surface area contributed by atoms with E-state index in [1.54, 1.807) is 7.05 Å². The Morgan fingerprint density at radius 1 is 1.67 bits per heavy atom. The lowest BCUT2D eigenvalue weighted by atomic mass is 10.5. The van der Waals surface area contributed by atoms with Crippen molar-refractivity contribution >= 4 is 0 Å². The molecule has 0 aliphatic rings. The molecule has 0 aliphatic carbocycles. The standard InChI is InChI=1S/C4H8.CH5N/c1-3-4-2;1-2/h3H,1,4H2,2H3;2H2,1H3/p+1. The Morgan fingerprint density at radius 2 is 1.83 bits per heavy atom. The molecular formula is C5H14N+. The average molecular weight is 88.2 g/mol. The highest BCUT2D eigenvalue weighted by atomic mass is 14.4. The summed E-state index contributed by atoms with van der Waals surface area (Å²) in [5.41, 5.74) is 3.25. The Balaban J connectivity index is 0. The van der Waals surface area contributed by atoms with Crippen molar-refractivity contribution in [2.75, 3.05) is 7.05 Å². The maximum atomic E-state index is 3.48. The van der Waals surface area contributed by atoms with Crippen LogP contribution in [0.4, 0.5) is 0 Å². The highest BCUT2D eigenvalue weighted by Gasteiger charge is 1.45. The molecule has 1 nitrogen and oxygen atoms in total. The van der Waals surface area contributed by atoms with Crippen molar-refractivity contribution in [1.29, 1.82) is 0 Å². The van der Waals surface area contributed by atoms with Gasteiger partial charge in [0.2, 0.25) is 0 Å². The van der Waals surface area contributed by atoms with Crippen LogP contribution in [0.1, 0.15) is 13.3 Å². The van der Waals surface area contributed by atoms with Crippen molar-refractivity contribution in [3.05, 3.63) is 12.7 Å². The van der Waals surface area contributed by atoms with E-state index in [1.165, 1.54) is 0 Å². The SMILES string of the molecule is C=CCC.C[NH3+]. The first-order chi connectivity index (χ1) is 2.91. The Morgan fingerprint density at radius 3 is 1.83 bits per heavy atom. The minimum Gasteiger partial charge on any atom is -0.360 e. The summed E-state index contributed by atoms with van der Waals surface area (Å²) in [5.74, 6) is 0. The highest BCUT2D eigenvalue weighted by Crippen LogP contribution is 1.66. The number of hydrogen-bond acceptors (Lipinski definition) is 0. The molecule has 0 spiro atoms. The second kappa shape index (κ2) is 22.3. The van der Waals surface area contributed by atoms with Crippen molar-refractivity contribution in [1.82, 2.24) is 0 Å². The monoisotopic (exact) mass is 88.1 g/mol. The fourth-order valence-electron chi connectivity index (χ4n) is 0. The molecule has 1 heteroatoms. The number of rotatable bonds is 1. The first-order valence-electron chi connectivity index (χ1n) is 2.23. The average Bonchev–Trinajstić information content (AvgIpc) is 1.72. The van der Waals surface area contributed by atoms with Gasteiger partial charge >= 0.3 is 0 Å². The van der Waals surface area contributed by atoms with Crippen LogP contribution in [-0.4, -0.2) is 7.05 Å². The van der Waals surface area contributed by atoms with Gasteiger partial charge in [0.05, 0.1) is 7.05 Å². The zero-order valence-corrected chi connectivity index (χ0v) is 4.70. The van der Waals surface area contributed by atoms with Gasteiger partial charge in [0.15, 0.2) is 0 Å². The van der Waals surface area contributed by atoms with Crippen LogP contribution in [-0.2, 0) is 0 Å². The van der Waals surface area contributed by atoms with Crippen molar-refractivity contribution in [3.63, 3.8) is 0 Å². The summed E-state index contributed by atoms with van der Waals surface area (Å²) in [6.45, 7) is 5.54. The summed E-state index contributed by atoms with van der Waals surface area (Å²) in [5, 5.41) is 0. The van der Waals surface area contributed by atoms with E-state index in [2.05, 4.69) is 19.2 Å². The largest absolute Gasteiger partial charge is 0.360 e. The van der Waals surface area contributed by atoms with E-state index in [9.17, 15) is 0 Å². The van der Waals surface area contributed by atoms with Crippen molar-refractivity contribution in [3.8, 4) is 0 Å². The molecule has 0 aromatic carbocycles. The van der Waals surface area contributed by atoms with Gasteiger partial charge < -0.3 is 5.73 Å². The van der Waals surface area contributed by atoms with Crippen LogP contribution in [0.5, 0.6) is 0 Å². The molecular weight excluding hydrogens is 74.1 g/mol. The minimum atomic E-state index is 1.08. The second-order valence-corrected chi connectivity index (χ2v) is 0.697. The third-order valence-electron chi connectivity index (χ3n) is 0.289. The zero-order chi connectivity index (χ0) is 5.41. The predicted molar refractivity (Wildman–Crippen MR) is 29.3 cm³/mol. The van der Waals surface area contributed by atoms with E-state index in [1.807, 2.05) is 6.08 Å². The number of quaternary nitrogens is 1. The molecule has 3 N–H and O–H groups in total. The topological polar surface area (TPSA) is 27.6 Å². The number of hydrogen-bond donors (Lipinski definition) is 1. The van der Waals surface area contributed by atoms with Gasteiger partial charge in [-0.05, 0) is 6.42 Å². The summed E-state index contributed by atoms with van der Waals surface area (Å²) in [6.07, 6.45) is 2.96. The van der Waals surface area contributed by atoms with Crippen LogP contribution in [0.3, 0.4) is 0 Å². The summed E-state index contributed by atoms with van der Waals surface area (Å²) < 4.78 is 0. The maximum absolute atomic E-state index is 3.48. The van der Waals surface area contributed by atoms with Gasteiger partial charge in [-0.1, -0.05) is 13.0 Å². The summed E-state index contributed by atoms with van der Waals surface area (Å²) in [7, 11) is 1.75. The lowest BCUT2D eigenvalue weighted by molar-refractivity contribution is -0.325. The van der Waals surface area contributed by atoms with Gasteiger partial charge in [-0.25, -0.2) is 0 Å². The molecule has 0 aliphatic heterocycles. The smallest absolute Gasteiger partial charge is 0.0634 e. The summed E-state index contributed by atoms with van der Waals surface area (Å²) >= 11 is 0. The molecule has 0 bridgehead atoms. The summed E-state index contributed by atoms with van der Waals surface area (Å²) in [4.78, 5) is 0. The molecule has 0 atom stereocenters. The van der Waals surface area contributed by atoms with Gasteiger partial charge in [0.25, 0.3) is 0 Å². The van der Waals surface area contributed by atoms with Gasteiger partial charge in [0, 0.05) is 0 Å². The van der Waals surface area contributed by atoms with E-state index in [0.29, 0.717) is 0 Å². The third kappa shape index (κ3) is 55.0. The van der Waals surface area contributed by atoms with Crippen LogP contribution in [0.25, 0.3) is 0 Å². The first kappa shape index (κ1) is 9.20. The maximum Gasteiger partial charge on any atom is 0.0634 e. The molecule has 0 fully saturated rings. The number of allylic oxidation sites excluding steroid dienone is 1. The molecule has 0 heterocycles. The van der Waals surface area contributed by atoms with Crippen LogP contribution in [0.15, 0.2) is 12.7 Å². The molecule has 0 saturated carbocycles. The van der Waals surface area contributed by atoms with E-state index in [4.69, 9.17) is 0 Å². The lowest BCUT2D eigenvalue weighted by Crippen LogP contribution is -2.40. The molecule has 0 unspecified atom stereocenters. The van der Waals surface area contributed by atoms with Crippen molar-refractivity contribution < 1.29 is 5.73 Å². The normalized spacial score (nSPS) is 5.17. The Labute approximate surface area is 39.9 Å². The molecule has 38 valence electrons. The van der Waals surface area contributed by atoms with Crippen molar-refractivity contribution in [2.45, 2.75) is 13.3 Å². The second-order valence-electron chi connectivity index (χ2n) is 0.697. The van der Waals surface area contributed by atoms with Gasteiger partial charge in [0.1, 0.15) is 0 Å². The van der Waals surface area contributed by atoms with E-state index in [-0.39, 0.29) is 0 Å². The molecule has 0 amide bonds. The van der Waals surface area contributed by atoms with Crippen LogP contribution < -0.4 is 5.73 Å². The molecule has 0 rings (SSSR count). The van der Waals surface area contributed by atoms with Crippen LogP contribution in [0.2, 0.25) is 0 Å². The quantitative estimate of drug-likeness (QED) is 0.450.